The van der Waals surface area contributed by atoms with E-state index in [-0.39, 0.29) is 12.6 Å². The van der Waals surface area contributed by atoms with Gasteiger partial charge >= 0.3 is 0 Å². The van der Waals surface area contributed by atoms with E-state index in [4.69, 9.17) is 14.2 Å². The number of methoxy groups -OCH3 is 1. The molecule has 0 radical (unpaired) electrons. The first kappa shape index (κ1) is 16.6. The number of benzene rings is 1. The van der Waals surface area contributed by atoms with Gasteiger partial charge in [-0.3, -0.25) is 4.79 Å². The van der Waals surface area contributed by atoms with Crippen molar-refractivity contribution < 1.29 is 19.0 Å². The Hall–Kier alpha value is -1.49. The summed E-state index contributed by atoms with van der Waals surface area (Å²) in [5, 5.41) is 0. The van der Waals surface area contributed by atoms with Gasteiger partial charge in [0.05, 0.1) is 6.61 Å². The first-order chi connectivity index (χ1) is 9.69. The van der Waals surface area contributed by atoms with Crippen molar-refractivity contribution >= 4 is 5.78 Å². The van der Waals surface area contributed by atoms with Crippen LogP contribution in [0.15, 0.2) is 42.5 Å². The predicted octanol–water partition coefficient (Wildman–Crippen LogP) is 2.73. The van der Waals surface area contributed by atoms with Crippen molar-refractivity contribution in [3.63, 3.8) is 0 Å². The molecule has 1 rings (SSSR count). The summed E-state index contributed by atoms with van der Waals surface area (Å²) < 4.78 is 15.7. The van der Waals surface area contributed by atoms with Gasteiger partial charge in [-0.25, -0.2) is 0 Å². The lowest BCUT2D eigenvalue weighted by molar-refractivity contribution is -0.146. The molecule has 0 spiro atoms. The van der Waals surface area contributed by atoms with Gasteiger partial charge in [0.1, 0.15) is 19.0 Å². The topological polar surface area (TPSA) is 44.8 Å². The summed E-state index contributed by atoms with van der Waals surface area (Å²) in [5.41, 5.74) is 1.03. The quantitative estimate of drug-likeness (QED) is 0.514. The normalized spacial score (nSPS) is 14.3. The second-order valence-corrected chi connectivity index (χ2v) is 4.36. The van der Waals surface area contributed by atoms with E-state index in [0.717, 1.165) is 5.56 Å². The van der Waals surface area contributed by atoms with Crippen LogP contribution in [-0.2, 0) is 25.6 Å². The Labute approximate surface area is 120 Å². The van der Waals surface area contributed by atoms with E-state index in [0.29, 0.717) is 6.61 Å². The maximum absolute atomic E-state index is 12.2. The molecule has 110 valence electrons. The summed E-state index contributed by atoms with van der Waals surface area (Å²) in [6.45, 7) is 4.05. The molecular formula is C16H22O4. The van der Waals surface area contributed by atoms with E-state index in [1.54, 1.807) is 19.1 Å². The number of ketones is 1. The molecule has 0 aliphatic rings. The number of hydrogen-bond donors (Lipinski definition) is 0. The number of ether oxygens (including phenoxy) is 3. The Kier molecular flexibility index (Phi) is 7.80. The zero-order chi connectivity index (χ0) is 14.8. The van der Waals surface area contributed by atoms with Gasteiger partial charge in [0.2, 0.25) is 0 Å². The van der Waals surface area contributed by atoms with Gasteiger partial charge < -0.3 is 14.2 Å². The third kappa shape index (κ3) is 5.65. The standard InChI is InChI=1S/C16H22O4/c1-4-8-15(20-12-18-3)16(17)13(2)19-11-14-9-6-5-7-10-14/h4-10,13,15H,11-12H2,1-3H3/b8-4+/t13-,15-/m0/s1. The molecule has 0 aliphatic carbocycles. The Morgan fingerprint density at radius 3 is 2.55 bits per heavy atom. The average molecular weight is 278 g/mol. The minimum atomic E-state index is -0.634. The van der Waals surface area contributed by atoms with E-state index in [1.165, 1.54) is 7.11 Å². The van der Waals surface area contributed by atoms with E-state index < -0.39 is 12.2 Å². The molecule has 1 aromatic carbocycles. The predicted molar refractivity (Wildman–Crippen MR) is 77.3 cm³/mol. The van der Waals surface area contributed by atoms with Crippen LogP contribution in [0, 0.1) is 0 Å². The minimum Gasteiger partial charge on any atom is -0.366 e. The van der Waals surface area contributed by atoms with Gasteiger partial charge in [0.15, 0.2) is 5.78 Å². The minimum absolute atomic E-state index is 0.0755. The second kappa shape index (κ2) is 9.42. The van der Waals surface area contributed by atoms with E-state index in [2.05, 4.69) is 0 Å². The summed E-state index contributed by atoms with van der Waals surface area (Å²) in [7, 11) is 1.52. The Morgan fingerprint density at radius 2 is 1.95 bits per heavy atom. The Morgan fingerprint density at radius 1 is 1.25 bits per heavy atom. The fourth-order valence-electron chi connectivity index (χ4n) is 1.66. The highest BCUT2D eigenvalue weighted by molar-refractivity contribution is 5.88. The average Bonchev–Trinajstić information content (AvgIpc) is 2.49. The third-order valence-corrected chi connectivity index (χ3v) is 2.76. The molecule has 0 bridgehead atoms. The number of allylic oxidation sites excluding steroid dienone is 1. The van der Waals surface area contributed by atoms with Crippen LogP contribution in [0.2, 0.25) is 0 Å². The summed E-state index contributed by atoms with van der Waals surface area (Å²) in [6, 6.07) is 9.74. The largest absolute Gasteiger partial charge is 0.366 e. The molecule has 0 amide bonds. The number of carbonyl (C=O) groups excluding carboxylic acids is 1. The van der Waals surface area contributed by atoms with Crippen molar-refractivity contribution in [2.24, 2.45) is 0 Å². The van der Waals surface area contributed by atoms with Crippen LogP contribution in [0.3, 0.4) is 0 Å². The molecule has 0 N–H and O–H groups in total. The Balaban J connectivity index is 2.51. The molecule has 4 nitrogen and oxygen atoms in total. The molecule has 0 saturated heterocycles. The van der Waals surface area contributed by atoms with Crippen LogP contribution in [-0.4, -0.2) is 31.9 Å². The number of carbonyl (C=O) groups is 1. The van der Waals surface area contributed by atoms with Crippen molar-refractivity contribution in [1.29, 1.82) is 0 Å². The number of hydrogen-bond acceptors (Lipinski definition) is 4. The first-order valence-electron chi connectivity index (χ1n) is 6.61. The van der Waals surface area contributed by atoms with Crippen LogP contribution in [0.5, 0.6) is 0 Å². The number of rotatable bonds is 9. The van der Waals surface area contributed by atoms with Gasteiger partial charge in [-0.1, -0.05) is 42.5 Å². The zero-order valence-corrected chi connectivity index (χ0v) is 12.2. The van der Waals surface area contributed by atoms with Gasteiger partial charge in [-0.05, 0) is 19.4 Å². The molecule has 20 heavy (non-hydrogen) atoms. The maximum Gasteiger partial charge on any atom is 0.193 e. The highest BCUT2D eigenvalue weighted by atomic mass is 16.7. The monoisotopic (exact) mass is 278 g/mol. The van der Waals surface area contributed by atoms with E-state index >= 15 is 0 Å². The molecule has 0 aromatic heterocycles. The molecule has 0 fully saturated rings. The van der Waals surface area contributed by atoms with Crippen LogP contribution in [0.25, 0.3) is 0 Å². The fraction of sp³-hybridized carbons (Fsp3) is 0.438. The van der Waals surface area contributed by atoms with Gasteiger partial charge in [0.25, 0.3) is 0 Å². The smallest absolute Gasteiger partial charge is 0.193 e. The van der Waals surface area contributed by atoms with E-state index in [9.17, 15) is 4.79 Å². The molecule has 2 atom stereocenters. The third-order valence-electron chi connectivity index (χ3n) is 2.76. The second-order valence-electron chi connectivity index (χ2n) is 4.36. The molecule has 0 aliphatic heterocycles. The van der Waals surface area contributed by atoms with Crippen LogP contribution in [0.4, 0.5) is 0 Å². The molecule has 4 heteroatoms. The van der Waals surface area contributed by atoms with Crippen molar-refractivity contribution in [2.45, 2.75) is 32.7 Å². The van der Waals surface area contributed by atoms with Crippen molar-refractivity contribution in [3.05, 3.63) is 48.0 Å². The summed E-state index contributed by atoms with van der Waals surface area (Å²) in [4.78, 5) is 12.2. The zero-order valence-electron chi connectivity index (χ0n) is 12.2. The fourth-order valence-corrected chi connectivity index (χ4v) is 1.66. The lowest BCUT2D eigenvalue weighted by atomic mass is 10.1. The summed E-state index contributed by atoms with van der Waals surface area (Å²) in [6.07, 6.45) is 2.31. The van der Waals surface area contributed by atoms with Crippen molar-refractivity contribution in [3.8, 4) is 0 Å². The Bertz CT molecular complexity index is 414. The van der Waals surface area contributed by atoms with Crippen molar-refractivity contribution in [2.75, 3.05) is 13.9 Å². The SMILES string of the molecule is C/C=C/[C@H](OCOC)C(=O)[C@H](C)OCc1ccccc1. The highest BCUT2D eigenvalue weighted by Gasteiger charge is 2.23. The van der Waals surface area contributed by atoms with Crippen LogP contribution < -0.4 is 0 Å². The molecule has 1 aromatic rings. The molecular weight excluding hydrogens is 256 g/mol. The summed E-state index contributed by atoms with van der Waals surface area (Å²) in [5.74, 6) is -0.115. The van der Waals surface area contributed by atoms with Crippen LogP contribution >= 0.6 is 0 Å². The molecule has 0 unspecified atom stereocenters. The lowest BCUT2D eigenvalue weighted by Gasteiger charge is -2.18. The number of Topliss-reactive ketones (excluding diaryl/α,β-unsaturated/α-hetero) is 1. The van der Waals surface area contributed by atoms with Gasteiger partial charge in [0, 0.05) is 7.11 Å². The van der Waals surface area contributed by atoms with Gasteiger partial charge in [-0.15, -0.1) is 0 Å². The molecule has 0 heterocycles. The highest BCUT2D eigenvalue weighted by Crippen LogP contribution is 2.08. The van der Waals surface area contributed by atoms with Crippen LogP contribution in [0.1, 0.15) is 19.4 Å². The molecule has 0 saturated carbocycles. The lowest BCUT2D eigenvalue weighted by Crippen LogP contribution is -2.33. The van der Waals surface area contributed by atoms with E-state index in [1.807, 2.05) is 37.3 Å². The summed E-state index contributed by atoms with van der Waals surface area (Å²) >= 11 is 0. The van der Waals surface area contributed by atoms with Gasteiger partial charge in [-0.2, -0.15) is 0 Å². The van der Waals surface area contributed by atoms with Crippen molar-refractivity contribution in [1.82, 2.24) is 0 Å². The first-order valence-corrected chi connectivity index (χ1v) is 6.61. The maximum atomic E-state index is 12.2.